The Labute approximate surface area is 144 Å². The molecule has 0 aliphatic heterocycles. The Morgan fingerprint density at radius 3 is 2.54 bits per heavy atom. The maximum atomic E-state index is 11.3. The lowest BCUT2D eigenvalue weighted by Gasteiger charge is -2.13. The van der Waals surface area contributed by atoms with Crippen LogP contribution in [0, 0.1) is 0 Å². The van der Waals surface area contributed by atoms with E-state index in [9.17, 15) is 15.0 Å². The lowest BCUT2D eigenvalue weighted by atomic mass is 9.94. The van der Waals surface area contributed by atoms with Gasteiger partial charge in [0.1, 0.15) is 0 Å². The zero-order valence-electron chi connectivity index (χ0n) is 13.2. The molecule has 0 amide bonds. The van der Waals surface area contributed by atoms with E-state index in [1.54, 1.807) is 12.1 Å². The molecule has 1 atom stereocenters. The number of carboxylic acid groups (broad SMARTS) is 1. The fraction of sp³-hybridized carbons (Fsp3) is 0.211. The second kappa shape index (κ2) is 6.67. The monoisotopic (exact) mass is 343 g/mol. The third-order valence-electron chi connectivity index (χ3n) is 4.41. The van der Waals surface area contributed by atoms with Crippen molar-refractivity contribution in [1.82, 2.24) is 4.98 Å². The van der Waals surface area contributed by atoms with E-state index < -0.39 is 5.97 Å². The van der Waals surface area contributed by atoms with Crippen LogP contribution < -0.4 is 0 Å². The van der Waals surface area contributed by atoms with Crippen LogP contribution in [0.5, 0.6) is 0 Å². The molecule has 24 heavy (non-hydrogen) atoms. The normalized spacial score (nSPS) is 12.5. The van der Waals surface area contributed by atoms with Crippen molar-refractivity contribution < 1.29 is 15.0 Å². The van der Waals surface area contributed by atoms with Gasteiger partial charge in [-0.25, -0.2) is 4.79 Å². The number of hydrogen-bond donors (Lipinski definition) is 3. The van der Waals surface area contributed by atoms with Crippen LogP contribution >= 0.6 is 11.6 Å². The summed E-state index contributed by atoms with van der Waals surface area (Å²) in [6.07, 6.45) is 2.34. The number of nitrogens with one attached hydrogen (secondary N) is 1. The summed E-state index contributed by atoms with van der Waals surface area (Å²) in [5.41, 5.74) is 3.70. The molecule has 3 aromatic rings. The summed E-state index contributed by atoms with van der Waals surface area (Å²) in [6, 6.07) is 11.4. The predicted molar refractivity (Wildman–Crippen MR) is 95.8 cm³/mol. The maximum absolute atomic E-state index is 11.3. The van der Waals surface area contributed by atoms with Crippen LogP contribution in [-0.2, 0) is 0 Å². The highest BCUT2D eigenvalue weighted by Gasteiger charge is 2.14. The summed E-state index contributed by atoms with van der Waals surface area (Å²) in [7, 11) is 0. The van der Waals surface area contributed by atoms with Crippen LogP contribution in [-0.4, -0.2) is 27.8 Å². The van der Waals surface area contributed by atoms with Crippen LogP contribution in [0.25, 0.3) is 22.0 Å². The zero-order valence-corrected chi connectivity index (χ0v) is 14.0. The SMILES string of the molecule is CCC(CO)c1ccc(-c2cc3c(C(=O)O)c[nH]c3cc2Cl)cc1. The van der Waals surface area contributed by atoms with Gasteiger partial charge in [-0.05, 0) is 29.7 Å². The molecule has 5 heteroatoms. The van der Waals surface area contributed by atoms with Crippen molar-refractivity contribution in [1.29, 1.82) is 0 Å². The Hall–Kier alpha value is -2.30. The van der Waals surface area contributed by atoms with E-state index >= 15 is 0 Å². The summed E-state index contributed by atoms with van der Waals surface area (Å²) in [4.78, 5) is 14.3. The fourth-order valence-electron chi connectivity index (χ4n) is 2.95. The predicted octanol–water partition coefficient (Wildman–Crippen LogP) is 4.67. The van der Waals surface area contributed by atoms with Gasteiger partial charge in [0, 0.05) is 35.2 Å². The minimum atomic E-state index is -0.974. The van der Waals surface area contributed by atoms with E-state index in [4.69, 9.17) is 11.6 Å². The molecule has 3 N–H and O–H groups in total. The number of benzene rings is 2. The minimum absolute atomic E-state index is 0.119. The summed E-state index contributed by atoms with van der Waals surface area (Å²) in [5.74, 6) is -0.848. The fourth-order valence-corrected chi connectivity index (χ4v) is 3.22. The van der Waals surface area contributed by atoms with E-state index in [0.717, 1.165) is 23.1 Å². The number of aromatic nitrogens is 1. The molecule has 0 saturated heterocycles. The van der Waals surface area contributed by atoms with Gasteiger partial charge < -0.3 is 15.2 Å². The smallest absolute Gasteiger partial charge is 0.337 e. The maximum Gasteiger partial charge on any atom is 0.337 e. The van der Waals surface area contributed by atoms with Crippen molar-refractivity contribution in [3.63, 3.8) is 0 Å². The number of H-pyrrole nitrogens is 1. The van der Waals surface area contributed by atoms with Gasteiger partial charge in [0.05, 0.1) is 10.6 Å². The van der Waals surface area contributed by atoms with Gasteiger partial charge in [-0.15, -0.1) is 0 Å². The quantitative estimate of drug-likeness (QED) is 0.630. The molecule has 0 radical (unpaired) electrons. The summed E-state index contributed by atoms with van der Waals surface area (Å²) in [5, 5.41) is 19.9. The van der Waals surface area contributed by atoms with Gasteiger partial charge in [-0.3, -0.25) is 0 Å². The van der Waals surface area contributed by atoms with E-state index in [-0.39, 0.29) is 18.1 Å². The Balaban J connectivity index is 2.06. The number of carboxylic acids is 1. The lowest BCUT2D eigenvalue weighted by molar-refractivity contribution is 0.0699. The third kappa shape index (κ3) is 2.90. The molecule has 0 aliphatic carbocycles. The van der Waals surface area contributed by atoms with Crippen LogP contribution in [0.1, 0.15) is 35.2 Å². The van der Waals surface area contributed by atoms with Crippen LogP contribution in [0.15, 0.2) is 42.6 Å². The Morgan fingerprint density at radius 1 is 1.25 bits per heavy atom. The summed E-state index contributed by atoms with van der Waals surface area (Å²) >= 11 is 6.38. The number of aliphatic hydroxyl groups is 1. The number of rotatable bonds is 5. The molecular formula is C19H18ClNO3. The summed E-state index contributed by atoms with van der Waals surface area (Å²) in [6.45, 7) is 2.16. The average molecular weight is 344 g/mol. The number of aromatic carboxylic acids is 1. The average Bonchev–Trinajstić information content (AvgIpc) is 2.99. The van der Waals surface area contributed by atoms with Crippen molar-refractivity contribution in [2.75, 3.05) is 6.61 Å². The molecule has 0 spiro atoms. The van der Waals surface area contributed by atoms with Gasteiger partial charge in [-0.2, -0.15) is 0 Å². The molecule has 1 unspecified atom stereocenters. The number of carbonyl (C=O) groups is 1. The lowest BCUT2D eigenvalue weighted by Crippen LogP contribution is -2.02. The summed E-state index contributed by atoms with van der Waals surface area (Å²) < 4.78 is 0. The Morgan fingerprint density at radius 2 is 1.96 bits per heavy atom. The molecule has 2 aromatic carbocycles. The van der Waals surface area contributed by atoms with Crippen molar-refractivity contribution in [3.8, 4) is 11.1 Å². The van der Waals surface area contributed by atoms with Gasteiger partial charge in [0.15, 0.2) is 0 Å². The topological polar surface area (TPSA) is 73.3 Å². The Bertz CT molecular complexity index is 880. The molecule has 1 heterocycles. The first-order chi connectivity index (χ1) is 11.5. The van der Waals surface area contributed by atoms with E-state index in [2.05, 4.69) is 4.98 Å². The van der Waals surface area contributed by atoms with Crippen LogP contribution in [0.2, 0.25) is 5.02 Å². The van der Waals surface area contributed by atoms with Crippen molar-refractivity contribution >= 4 is 28.5 Å². The van der Waals surface area contributed by atoms with Crippen LogP contribution in [0.4, 0.5) is 0 Å². The van der Waals surface area contributed by atoms with Crippen LogP contribution in [0.3, 0.4) is 0 Å². The van der Waals surface area contributed by atoms with Gasteiger partial charge in [-0.1, -0.05) is 42.8 Å². The van der Waals surface area contributed by atoms with Crippen molar-refractivity contribution in [2.24, 2.45) is 0 Å². The molecule has 1 aromatic heterocycles. The van der Waals surface area contributed by atoms with E-state index in [1.807, 2.05) is 31.2 Å². The number of aromatic amines is 1. The molecular weight excluding hydrogens is 326 g/mol. The number of fused-ring (bicyclic) bond motifs is 1. The van der Waals surface area contributed by atoms with Gasteiger partial charge in [0.25, 0.3) is 0 Å². The van der Waals surface area contributed by atoms with E-state index in [0.29, 0.717) is 15.9 Å². The highest BCUT2D eigenvalue weighted by atomic mass is 35.5. The molecule has 0 bridgehead atoms. The number of halogens is 1. The molecule has 124 valence electrons. The Kier molecular flexibility index (Phi) is 4.60. The second-order valence-electron chi connectivity index (χ2n) is 5.79. The molecule has 4 nitrogen and oxygen atoms in total. The number of hydrogen-bond acceptors (Lipinski definition) is 2. The zero-order chi connectivity index (χ0) is 17.3. The molecule has 0 fully saturated rings. The minimum Gasteiger partial charge on any atom is -0.478 e. The van der Waals surface area contributed by atoms with Crippen molar-refractivity contribution in [2.45, 2.75) is 19.3 Å². The third-order valence-corrected chi connectivity index (χ3v) is 4.72. The first-order valence-corrected chi connectivity index (χ1v) is 8.18. The standard InChI is InChI=1S/C19H18ClNO3/c1-2-11(10-22)12-3-5-13(6-4-12)14-7-15-16(19(23)24)9-21-18(15)8-17(14)20/h3-9,11,21-22H,2,10H2,1H3,(H,23,24). The van der Waals surface area contributed by atoms with Gasteiger partial charge >= 0.3 is 5.97 Å². The van der Waals surface area contributed by atoms with Crippen molar-refractivity contribution in [3.05, 3.63) is 58.7 Å². The first kappa shape index (κ1) is 16.6. The molecule has 3 rings (SSSR count). The number of aliphatic hydroxyl groups excluding tert-OH is 1. The molecule has 0 saturated carbocycles. The highest BCUT2D eigenvalue weighted by molar-refractivity contribution is 6.34. The largest absolute Gasteiger partial charge is 0.478 e. The molecule has 0 aliphatic rings. The first-order valence-electron chi connectivity index (χ1n) is 7.80. The van der Waals surface area contributed by atoms with Gasteiger partial charge in [0.2, 0.25) is 0 Å². The van der Waals surface area contributed by atoms with E-state index in [1.165, 1.54) is 6.20 Å². The highest BCUT2D eigenvalue weighted by Crippen LogP contribution is 2.34. The second-order valence-corrected chi connectivity index (χ2v) is 6.20.